The molecule has 2 atom stereocenters. The summed E-state index contributed by atoms with van der Waals surface area (Å²) in [5.41, 5.74) is 3.62. The van der Waals surface area contributed by atoms with E-state index in [1.54, 1.807) is 12.7 Å². The van der Waals surface area contributed by atoms with Gasteiger partial charge in [0.2, 0.25) is 0 Å². The Bertz CT molecular complexity index is 447. The van der Waals surface area contributed by atoms with Crippen LogP contribution in [-0.2, 0) is 12.8 Å². The minimum Gasteiger partial charge on any atom is -0.497 e. The Morgan fingerprint density at radius 3 is 2.78 bits per heavy atom. The maximum Gasteiger partial charge on any atom is 0.119 e. The first-order chi connectivity index (χ1) is 8.60. The summed E-state index contributed by atoms with van der Waals surface area (Å²) in [6.45, 7) is 4.93. The molecule has 98 valence electrons. The summed E-state index contributed by atoms with van der Waals surface area (Å²) in [5, 5.41) is 0. The van der Waals surface area contributed by atoms with Crippen LogP contribution in [0.25, 0.3) is 0 Å². The van der Waals surface area contributed by atoms with E-state index in [0.717, 1.165) is 17.6 Å². The van der Waals surface area contributed by atoms with Crippen LogP contribution in [0.5, 0.6) is 5.75 Å². The van der Waals surface area contributed by atoms with Crippen LogP contribution in [0.15, 0.2) is 18.2 Å². The quantitative estimate of drug-likeness (QED) is 0.718. The molecule has 0 unspecified atom stereocenters. The lowest BCUT2D eigenvalue weighted by Gasteiger charge is -2.47. The first kappa shape index (κ1) is 12.1. The van der Waals surface area contributed by atoms with Crippen LogP contribution >= 0.6 is 0 Å². The van der Waals surface area contributed by atoms with Gasteiger partial charge in [-0.3, -0.25) is 0 Å². The monoisotopic (exact) mass is 244 g/mol. The maximum atomic E-state index is 5.37. The molecule has 0 bridgehead atoms. The Hall–Kier alpha value is -0.980. The fourth-order valence-corrected chi connectivity index (χ4v) is 4.17. The second-order valence-electron chi connectivity index (χ2n) is 6.79. The van der Waals surface area contributed by atoms with E-state index in [-0.39, 0.29) is 0 Å². The van der Waals surface area contributed by atoms with Crippen LogP contribution in [0.3, 0.4) is 0 Å². The van der Waals surface area contributed by atoms with Crippen molar-refractivity contribution in [3.8, 4) is 5.75 Å². The van der Waals surface area contributed by atoms with E-state index in [9.17, 15) is 0 Å². The van der Waals surface area contributed by atoms with Crippen molar-refractivity contribution in [2.45, 2.75) is 46.0 Å². The Morgan fingerprint density at radius 1 is 1.17 bits per heavy atom. The molecule has 0 saturated heterocycles. The van der Waals surface area contributed by atoms with E-state index in [4.69, 9.17) is 4.74 Å². The predicted molar refractivity (Wildman–Crippen MR) is 75.0 cm³/mol. The number of hydrogen-bond acceptors (Lipinski definition) is 1. The van der Waals surface area contributed by atoms with E-state index in [0.29, 0.717) is 5.41 Å². The van der Waals surface area contributed by atoms with Crippen molar-refractivity contribution in [2.24, 2.45) is 17.3 Å². The largest absolute Gasteiger partial charge is 0.497 e. The molecule has 18 heavy (non-hydrogen) atoms. The average molecular weight is 244 g/mol. The van der Waals surface area contributed by atoms with Crippen LogP contribution in [0.2, 0.25) is 0 Å². The summed E-state index contributed by atoms with van der Waals surface area (Å²) in [6.07, 6.45) is 6.78. The summed E-state index contributed by atoms with van der Waals surface area (Å²) in [4.78, 5) is 0. The molecule has 3 rings (SSSR count). The Labute approximate surface area is 111 Å². The van der Waals surface area contributed by atoms with Crippen LogP contribution in [0.4, 0.5) is 0 Å². The fraction of sp³-hybridized carbons (Fsp3) is 0.647. The van der Waals surface area contributed by atoms with Gasteiger partial charge < -0.3 is 4.74 Å². The summed E-state index contributed by atoms with van der Waals surface area (Å²) >= 11 is 0. The Balaban J connectivity index is 1.94. The highest BCUT2D eigenvalue weighted by molar-refractivity contribution is 5.38. The highest BCUT2D eigenvalue weighted by Crippen LogP contribution is 2.49. The zero-order chi connectivity index (χ0) is 12.8. The zero-order valence-corrected chi connectivity index (χ0v) is 11.8. The van der Waals surface area contributed by atoms with Gasteiger partial charge in [0.15, 0.2) is 0 Å². The van der Waals surface area contributed by atoms with Gasteiger partial charge in [0.1, 0.15) is 5.75 Å². The molecule has 0 heterocycles. The van der Waals surface area contributed by atoms with Gasteiger partial charge >= 0.3 is 0 Å². The molecule has 1 fully saturated rings. The normalized spacial score (nSPS) is 29.3. The third-order valence-corrected chi connectivity index (χ3v) is 5.30. The van der Waals surface area contributed by atoms with Gasteiger partial charge in [0.25, 0.3) is 0 Å². The number of hydrogen-bond donors (Lipinski definition) is 0. The minimum absolute atomic E-state index is 0.518. The second-order valence-corrected chi connectivity index (χ2v) is 6.79. The predicted octanol–water partition coefficient (Wildman–Crippen LogP) is 4.24. The fourth-order valence-electron chi connectivity index (χ4n) is 4.17. The summed E-state index contributed by atoms with van der Waals surface area (Å²) in [5.74, 6) is 2.79. The molecule has 0 spiro atoms. The number of ether oxygens (including phenoxy) is 1. The third-order valence-electron chi connectivity index (χ3n) is 5.30. The number of benzene rings is 1. The van der Waals surface area contributed by atoms with Crippen molar-refractivity contribution in [3.05, 3.63) is 29.3 Å². The molecule has 0 N–H and O–H groups in total. The zero-order valence-electron chi connectivity index (χ0n) is 11.8. The SMILES string of the molecule is COc1ccc2c(c1)C[C@@H]1[C@H](CCCC1(C)C)C2. The highest BCUT2D eigenvalue weighted by Gasteiger charge is 2.41. The van der Waals surface area contributed by atoms with Crippen molar-refractivity contribution in [2.75, 3.05) is 7.11 Å². The molecule has 0 aliphatic heterocycles. The molecule has 0 aromatic heterocycles. The van der Waals surface area contributed by atoms with Crippen LogP contribution < -0.4 is 4.74 Å². The van der Waals surface area contributed by atoms with E-state index < -0.39 is 0 Å². The lowest BCUT2D eigenvalue weighted by molar-refractivity contribution is 0.0669. The van der Waals surface area contributed by atoms with Crippen LogP contribution in [0, 0.1) is 17.3 Å². The van der Waals surface area contributed by atoms with Gasteiger partial charge in [-0.1, -0.05) is 26.3 Å². The smallest absolute Gasteiger partial charge is 0.119 e. The molecular weight excluding hydrogens is 220 g/mol. The lowest BCUT2D eigenvalue weighted by atomic mass is 9.58. The van der Waals surface area contributed by atoms with E-state index in [1.807, 2.05) is 0 Å². The molecule has 1 aromatic rings. The lowest BCUT2D eigenvalue weighted by Crippen LogP contribution is -2.39. The minimum atomic E-state index is 0.518. The second kappa shape index (κ2) is 4.29. The summed E-state index contributed by atoms with van der Waals surface area (Å²) in [7, 11) is 1.76. The summed E-state index contributed by atoms with van der Waals surface area (Å²) in [6, 6.07) is 6.66. The Kier molecular flexibility index (Phi) is 2.88. The van der Waals surface area contributed by atoms with Crippen molar-refractivity contribution in [3.63, 3.8) is 0 Å². The molecule has 0 amide bonds. The van der Waals surface area contributed by atoms with E-state index >= 15 is 0 Å². The first-order valence-electron chi connectivity index (χ1n) is 7.26. The Morgan fingerprint density at radius 2 is 2.00 bits per heavy atom. The van der Waals surface area contributed by atoms with Gasteiger partial charge in [-0.05, 0) is 66.2 Å². The van der Waals surface area contributed by atoms with E-state index in [1.165, 1.54) is 37.7 Å². The van der Waals surface area contributed by atoms with Crippen molar-refractivity contribution >= 4 is 0 Å². The van der Waals surface area contributed by atoms with Gasteiger partial charge in [-0.15, -0.1) is 0 Å². The molecule has 2 aliphatic rings. The maximum absolute atomic E-state index is 5.37. The van der Waals surface area contributed by atoms with Crippen LogP contribution in [-0.4, -0.2) is 7.11 Å². The summed E-state index contributed by atoms with van der Waals surface area (Å²) < 4.78 is 5.37. The molecule has 1 saturated carbocycles. The first-order valence-corrected chi connectivity index (χ1v) is 7.26. The molecule has 2 aliphatic carbocycles. The number of methoxy groups -OCH3 is 1. The van der Waals surface area contributed by atoms with Gasteiger partial charge in [-0.2, -0.15) is 0 Å². The molecule has 0 radical (unpaired) electrons. The van der Waals surface area contributed by atoms with Crippen molar-refractivity contribution in [1.82, 2.24) is 0 Å². The average Bonchev–Trinajstić information content (AvgIpc) is 2.36. The van der Waals surface area contributed by atoms with Crippen LogP contribution in [0.1, 0.15) is 44.2 Å². The number of rotatable bonds is 1. The highest BCUT2D eigenvalue weighted by atomic mass is 16.5. The number of fused-ring (bicyclic) bond motifs is 2. The topological polar surface area (TPSA) is 9.23 Å². The third kappa shape index (κ3) is 1.94. The van der Waals surface area contributed by atoms with Crippen molar-refractivity contribution in [1.29, 1.82) is 0 Å². The van der Waals surface area contributed by atoms with Gasteiger partial charge in [-0.25, -0.2) is 0 Å². The van der Waals surface area contributed by atoms with Crippen molar-refractivity contribution < 1.29 is 4.74 Å². The molecule has 1 aromatic carbocycles. The molecular formula is C17H24O. The van der Waals surface area contributed by atoms with Gasteiger partial charge in [0, 0.05) is 0 Å². The van der Waals surface area contributed by atoms with E-state index in [2.05, 4.69) is 32.0 Å². The molecule has 1 nitrogen and oxygen atoms in total. The molecule has 1 heteroatoms. The van der Waals surface area contributed by atoms with Gasteiger partial charge in [0.05, 0.1) is 7.11 Å². The standard InChI is InChI=1S/C17H24O/c1-17(2)8-4-5-13-9-12-6-7-15(18-3)10-14(12)11-16(13)17/h6-7,10,13,16H,4-5,8-9,11H2,1-3H3/t13-,16-/m1/s1.